The van der Waals surface area contributed by atoms with Crippen molar-refractivity contribution >= 4 is 11.9 Å². The van der Waals surface area contributed by atoms with Gasteiger partial charge in [0.05, 0.1) is 13.0 Å². The van der Waals surface area contributed by atoms with Gasteiger partial charge in [0, 0.05) is 12.6 Å². The highest BCUT2D eigenvalue weighted by molar-refractivity contribution is 5.79. The molecule has 1 aliphatic rings. The molecular weight excluding hydrogens is 330 g/mol. The van der Waals surface area contributed by atoms with Crippen LogP contribution in [0.2, 0.25) is 0 Å². The van der Waals surface area contributed by atoms with Gasteiger partial charge in [-0.3, -0.25) is 9.59 Å². The van der Waals surface area contributed by atoms with Crippen LogP contribution in [-0.4, -0.2) is 42.6 Å². The number of carbonyl (C=O) groups is 2. The van der Waals surface area contributed by atoms with E-state index in [1.54, 1.807) is 6.92 Å². The van der Waals surface area contributed by atoms with Crippen LogP contribution in [0.1, 0.15) is 56.6 Å². The van der Waals surface area contributed by atoms with E-state index in [0.717, 1.165) is 42.6 Å². The van der Waals surface area contributed by atoms with E-state index in [1.165, 1.54) is 6.42 Å². The third-order valence-corrected chi connectivity index (χ3v) is 5.10. The van der Waals surface area contributed by atoms with Gasteiger partial charge >= 0.3 is 5.97 Å². The molecule has 0 bridgehead atoms. The molecular formula is C21H31NO4. The molecule has 2 rings (SSSR count). The summed E-state index contributed by atoms with van der Waals surface area (Å²) in [4.78, 5) is 26.4. The maximum atomic E-state index is 12.8. The van der Waals surface area contributed by atoms with Gasteiger partial charge in [0.15, 0.2) is 6.61 Å². The number of rotatable bonds is 8. The molecule has 0 spiro atoms. The number of ether oxygens (including phenoxy) is 2. The summed E-state index contributed by atoms with van der Waals surface area (Å²) in [6.45, 7) is 6.58. The Labute approximate surface area is 156 Å². The highest BCUT2D eigenvalue weighted by Crippen LogP contribution is 2.24. The lowest BCUT2D eigenvalue weighted by atomic mass is 9.94. The number of amides is 1. The Balaban J connectivity index is 1.99. The van der Waals surface area contributed by atoms with Gasteiger partial charge in [-0.1, -0.05) is 31.4 Å². The molecule has 144 valence electrons. The van der Waals surface area contributed by atoms with Gasteiger partial charge in [-0.15, -0.1) is 0 Å². The quantitative estimate of drug-likeness (QED) is 0.661. The number of hydrogen-bond acceptors (Lipinski definition) is 4. The summed E-state index contributed by atoms with van der Waals surface area (Å²) in [7, 11) is 0. The zero-order valence-electron chi connectivity index (χ0n) is 16.3. The number of hydrogen-bond donors (Lipinski definition) is 0. The summed E-state index contributed by atoms with van der Waals surface area (Å²) in [5.74, 6) is 0.436. The molecule has 0 saturated heterocycles. The van der Waals surface area contributed by atoms with Crippen LogP contribution < -0.4 is 4.74 Å². The van der Waals surface area contributed by atoms with Gasteiger partial charge in [-0.25, -0.2) is 0 Å². The van der Waals surface area contributed by atoms with Crippen molar-refractivity contribution in [2.45, 2.75) is 65.3 Å². The third kappa shape index (κ3) is 5.75. The SMILES string of the molecule is CCOC(=O)CCN(C(=O)COc1cccc(C)c1C)C1CCCCC1. The van der Waals surface area contributed by atoms with Gasteiger partial charge < -0.3 is 14.4 Å². The van der Waals surface area contributed by atoms with E-state index in [0.29, 0.717) is 13.2 Å². The lowest BCUT2D eigenvalue weighted by molar-refractivity contribution is -0.145. The predicted molar refractivity (Wildman–Crippen MR) is 101 cm³/mol. The lowest BCUT2D eigenvalue weighted by Gasteiger charge is -2.34. The second kappa shape index (κ2) is 10.2. The zero-order valence-corrected chi connectivity index (χ0v) is 16.3. The van der Waals surface area contributed by atoms with Crippen molar-refractivity contribution in [2.24, 2.45) is 0 Å². The molecule has 0 radical (unpaired) electrons. The molecule has 0 aromatic heterocycles. The molecule has 1 aliphatic carbocycles. The van der Waals surface area contributed by atoms with Crippen LogP contribution >= 0.6 is 0 Å². The van der Waals surface area contributed by atoms with Crippen molar-refractivity contribution in [2.75, 3.05) is 19.8 Å². The summed E-state index contributed by atoms with van der Waals surface area (Å²) >= 11 is 0. The monoisotopic (exact) mass is 361 g/mol. The Morgan fingerprint density at radius 2 is 1.88 bits per heavy atom. The van der Waals surface area contributed by atoms with Crippen LogP contribution in [0.5, 0.6) is 5.75 Å². The van der Waals surface area contributed by atoms with Crippen molar-refractivity contribution in [3.05, 3.63) is 29.3 Å². The summed E-state index contributed by atoms with van der Waals surface area (Å²) in [5, 5.41) is 0. The maximum Gasteiger partial charge on any atom is 0.307 e. The summed E-state index contributed by atoms with van der Waals surface area (Å²) in [6, 6.07) is 6.05. The van der Waals surface area contributed by atoms with Gasteiger partial charge in [-0.05, 0) is 50.8 Å². The van der Waals surface area contributed by atoms with E-state index in [1.807, 2.05) is 36.9 Å². The Morgan fingerprint density at radius 1 is 1.15 bits per heavy atom. The van der Waals surface area contributed by atoms with Gasteiger partial charge in [0.2, 0.25) is 0 Å². The Morgan fingerprint density at radius 3 is 2.58 bits per heavy atom. The molecule has 0 unspecified atom stereocenters. The van der Waals surface area contributed by atoms with Crippen molar-refractivity contribution in [1.82, 2.24) is 4.90 Å². The van der Waals surface area contributed by atoms with E-state index in [2.05, 4.69) is 0 Å². The molecule has 5 heteroatoms. The molecule has 26 heavy (non-hydrogen) atoms. The lowest BCUT2D eigenvalue weighted by Crippen LogP contribution is -2.45. The predicted octanol–water partition coefficient (Wildman–Crippen LogP) is 3.80. The van der Waals surface area contributed by atoms with Crippen LogP contribution in [0.3, 0.4) is 0 Å². The fourth-order valence-electron chi connectivity index (χ4n) is 3.45. The summed E-state index contributed by atoms with van der Waals surface area (Å²) in [5.41, 5.74) is 2.19. The standard InChI is InChI=1S/C21H31NO4/c1-4-25-21(24)13-14-22(18-10-6-5-7-11-18)20(23)15-26-19-12-8-9-16(2)17(19)3/h8-9,12,18H,4-7,10-11,13-15H2,1-3H3. The molecule has 1 aromatic rings. The highest BCUT2D eigenvalue weighted by atomic mass is 16.5. The molecule has 1 amide bonds. The van der Waals surface area contributed by atoms with Crippen molar-refractivity contribution in [3.8, 4) is 5.75 Å². The summed E-state index contributed by atoms with van der Waals surface area (Å²) < 4.78 is 10.8. The number of aryl methyl sites for hydroxylation is 1. The minimum Gasteiger partial charge on any atom is -0.483 e. The Kier molecular flexibility index (Phi) is 7.95. The number of carbonyl (C=O) groups excluding carboxylic acids is 2. The molecule has 1 fully saturated rings. The fraction of sp³-hybridized carbons (Fsp3) is 0.619. The molecule has 1 saturated carbocycles. The molecule has 0 heterocycles. The Hall–Kier alpha value is -2.04. The third-order valence-electron chi connectivity index (χ3n) is 5.10. The van der Waals surface area contributed by atoms with Crippen LogP contribution in [0.25, 0.3) is 0 Å². The minimum absolute atomic E-state index is 0.00359. The van der Waals surface area contributed by atoms with Crippen LogP contribution in [0, 0.1) is 13.8 Å². The maximum absolute atomic E-state index is 12.8. The fourth-order valence-corrected chi connectivity index (χ4v) is 3.45. The second-order valence-electron chi connectivity index (χ2n) is 6.92. The van der Waals surface area contributed by atoms with Gasteiger partial charge in [0.25, 0.3) is 5.91 Å². The van der Waals surface area contributed by atoms with E-state index in [4.69, 9.17) is 9.47 Å². The molecule has 0 N–H and O–H groups in total. The van der Waals surface area contributed by atoms with E-state index in [-0.39, 0.29) is 30.9 Å². The Bertz CT molecular complexity index is 608. The minimum atomic E-state index is -0.253. The largest absolute Gasteiger partial charge is 0.483 e. The van der Waals surface area contributed by atoms with Gasteiger partial charge in [-0.2, -0.15) is 0 Å². The first-order chi connectivity index (χ1) is 12.5. The molecule has 0 atom stereocenters. The second-order valence-corrected chi connectivity index (χ2v) is 6.92. The first-order valence-electron chi connectivity index (χ1n) is 9.67. The van der Waals surface area contributed by atoms with Crippen molar-refractivity contribution in [1.29, 1.82) is 0 Å². The van der Waals surface area contributed by atoms with Crippen LogP contribution in [0.4, 0.5) is 0 Å². The average Bonchev–Trinajstić information content (AvgIpc) is 2.64. The molecule has 5 nitrogen and oxygen atoms in total. The van der Waals surface area contributed by atoms with E-state index in [9.17, 15) is 9.59 Å². The number of benzene rings is 1. The number of nitrogens with zero attached hydrogens (tertiary/aromatic N) is 1. The smallest absolute Gasteiger partial charge is 0.307 e. The first kappa shape index (κ1) is 20.3. The van der Waals surface area contributed by atoms with E-state index >= 15 is 0 Å². The molecule has 1 aromatic carbocycles. The first-order valence-corrected chi connectivity index (χ1v) is 9.67. The zero-order chi connectivity index (χ0) is 18.9. The number of esters is 1. The van der Waals surface area contributed by atoms with Gasteiger partial charge in [0.1, 0.15) is 5.75 Å². The van der Waals surface area contributed by atoms with Crippen molar-refractivity contribution in [3.63, 3.8) is 0 Å². The van der Waals surface area contributed by atoms with Crippen molar-refractivity contribution < 1.29 is 19.1 Å². The van der Waals surface area contributed by atoms with Crippen LogP contribution in [-0.2, 0) is 14.3 Å². The summed E-state index contributed by atoms with van der Waals surface area (Å²) in [6.07, 6.45) is 5.71. The average molecular weight is 361 g/mol. The topological polar surface area (TPSA) is 55.8 Å². The molecule has 0 aliphatic heterocycles. The normalized spacial score (nSPS) is 14.7. The van der Waals surface area contributed by atoms with Crippen LogP contribution in [0.15, 0.2) is 18.2 Å². The van der Waals surface area contributed by atoms with E-state index < -0.39 is 0 Å². The highest BCUT2D eigenvalue weighted by Gasteiger charge is 2.26.